The van der Waals surface area contributed by atoms with Gasteiger partial charge in [-0.1, -0.05) is 0 Å². The molecule has 0 aromatic heterocycles. The van der Waals surface area contributed by atoms with Crippen molar-refractivity contribution in [2.75, 3.05) is 0 Å². The predicted molar refractivity (Wildman–Crippen MR) is 94.2 cm³/mol. The lowest BCUT2D eigenvalue weighted by Crippen LogP contribution is -2.32. The van der Waals surface area contributed by atoms with Crippen LogP contribution in [-0.2, 0) is 0 Å². The molecule has 8 heteroatoms. The predicted octanol–water partition coefficient (Wildman–Crippen LogP) is 4.72. The lowest BCUT2D eigenvalue weighted by Gasteiger charge is -2.27. The summed E-state index contributed by atoms with van der Waals surface area (Å²) in [4.78, 5) is 11.4. The van der Waals surface area contributed by atoms with E-state index in [4.69, 9.17) is 24.6 Å². The summed E-state index contributed by atoms with van der Waals surface area (Å²) >= 11 is 9.41. The number of thiol groups is 1. The standard InChI is InChI=1S/C13H21ClO4SSi2/c1-20(2,3)17-11-8-9(13(14)15)7-10(16-19)12(11)18-21(4,5)6/h7-8,19H,1-6H3. The molecule has 1 rings (SSSR count). The summed E-state index contributed by atoms with van der Waals surface area (Å²) < 4.78 is 17.1. The van der Waals surface area contributed by atoms with Crippen LogP contribution in [0, 0.1) is 0 Å². The SMILES string of the molecule is C[Si](C)(C)Oc1cc(C(=O)Cl)cc(OS)c1O[Si](C)(C)C. The smallest absolute Gasteiger partial charge is 0.252 e. The molecule has 0 amide bonds. The van der Waals surface area contributed by atoms with Crippen LogP contribution in [-0.4, -0.2) is 21.9 Å². The highest BCUT2D eigenvalue weighted by atomic mass is 35.5. The molecular formula is C13H21ClO4SSi2. The van der Waals surface area contributed by atoms with Crippen LogP contribution >= 0.6 is 24.5 Å². The fourth-order valence-corrected chi connectivity index (χ4v) is 3.44. The molecule has 0 atom stereocenters. The molecule has 0 saturated carbocycles. The van der Waals surface area contributed by atoms with Crippen molar-refractivity contribution in [2.24, 2.45) is 0 Å². The van der Waals surface area contributed by atoms with E-state index in [1.54, 1.807) is 6.07 Å². The zero-order chi connectivity index (χ0) is 16.4. The average Bonchev–Trinajstić information content (AvgIpc) is 2.27. The lowest BCUT2D eigenvalue weighted by atomic mass is 10.2. The van der Waals surface area contributed by atoms with Gasteiger partial charge in [0.25, 0.3) is 5.24 Å². The third-order valence-corrected chi connectivity index (χ3v) is 4.23. The Bertz CT molecular complexity index is 538. The maximum atomic E-state index is 11.4. The van der Waals surface area contributed by atoms with Crippen molar-refractivity contribution in [1.82, 2.24) is 0 Å². The topological polar surface area (TPSA) is 44.8 Å². The van der Waals surface area contributed by atoms with Gasteiger partial charge in [-0.25, -0.2) is 0 Å². The van der Waals surface area contributed by atoms with E-state index in [1.165, 1.54) is 6.07 Å². The van der Waals surface area contributed by atoms with Crippen molar-refractivity contribution >= 4 is 46.4 Å². The van der Waals surface area contributed by atoms with Crippen LogP contribution in [0.2, 0.25) is 39.3 Å². The van der Waals surface area contributed by atoms with E-state index in [0.29, 0.717) is 17.2 Å². The third-order valence-electron chi connectivity index (χ3n) is 2.17. The van der Waals surface area contributed by atoms with Crippen LogP contribution in [0.15, 0.2) is 12.1 Å². The molecule has 0 aliphatic carbocycles. The molecule has 1 aromatic carbocycles. The molecule has 118 valence electrons. The summed E-state index contributed by atoms with van der Waals surface area (Å²) in [5, 5.41) is -0.582. The van der Waals surface area contributed by atoms with Gasteiger partial charge in [0, 0.05) is 18.5 Å². The Labute approximate surface area is 138 Å². The summed E-state index contributed by atoms with van der Waals surface area (Å²) in [5.74, 6) is 1.29. The Hall–Kier alpha value is -0.636. The van der Waals surface area contributed by atoms with Gasteiger partial charge in [-0.3, -0.25) is 4.79 Å². The van der Waals surface area contributed by atoms with Crippen LogP contribution in [0.1, 0.15) is 10.4 Å². The van der Waals surface area contributed by atoms with Crippen LogP contribution < -0.4 is 13.0 Å². The highest BCUT2D eigenvalue weighted by Gasteiger charge is 2.27. The van der Waals surface area contributed by atoms with Crippen LogP contribution in [0.3, 0.4) is 0 Å². The first-order chi connectivity index (χ1) is 9.43. The molecule has 0 radical (unpaired) electrons. The van der Waals surface area contributed by atoms with E-state index in [1.807, 2.05) is 39.3 Å². The molecule has 0 bridgehead atoms. The first kappa shape index (κ1) is 18.4. The number of carbonyl (C=O) groups is 1. The van der Waals surface area contributed by atoms with Gasteiger partial charge in [0.1, 0.15) is 5.75 Å². The molecule has 4 nitrogen and oxygen atoms in total. The Balaban J connectivity index is 3.45. The van der Waals surface area contributed by atoms with Gasteiger partial charge in [-0.05, 0) is 63.0 Å². The van der Waals surface area contributed by atoms with E-state index >= 15 is 0 Å². The number of carbonyl (C=O) groups excluding carboxylic acids is 1. The van der Waals surface area contributed by atoms with Gasteiger partial charge in [0.15, 0.2) is 11.5 Å². The zero-order valence-electron chi connectivity index (χ0n) is 13.1. The van der Waals surface area contributed by atoms with E-state index in [9.17, 15) is 4.79 Å². The van der Waals surface area contributed by atoms with E-state index in [0.717, 1.165) is 0 Å². The number of benzene rings is 1. The van der Waals surface area contributed by atoms with E-state index < -0.39 is 21.9 Å². The zero-order valence-corrected chi connectivity index (χ0v) is 16.8. The van der Waals surface area contributed by atoms with Crippen molar-refractivity contribution in [3.05, 3.63) is 17.7 Å². The first-order valence-electron chi connectivity index (χ1n) is 6.50. The highest BCUT2D eigenvalue weighted by molar-refractivity contribution is 7.75. The van der Waals surface area contributed by atoms with Crippen LogP contribution in [0.5, 0.6) is 17.2 Å². The Morgan fingerprint density at radius 1 is 1.00 bits per heavy atom. The first-order valence-corrected chi connectivity index (χ1v) is 14.1. The molecule has 0 aliphatic rings. The fraction of sp³-hybridized carbons (Fsp3) is 0.462. The minimum absolute atomic E-state index is 0.289. The fourth-order valence-electron chi connectivity index (χ4n) is 1.57. The quantitative estimate of drug-likeness (QED) is 0.343. The van der Waals surface area contributed by atoms with Crippen molar-refractivity contribution in [3.8, 4) is 17.2 Å². The summed E-state index contributed by atoms with van der Waals surface area (Å²) in [5.41, 5.74) is 0.289. The van der Waals surface area contributed by atoms with Crippen molar-refractivity contribution in [1.29, 1.82) is 0 Å². The van der Waals surface area contributed by atoms with E-state index in [-0.39, 0.29) is 5.56 Å². The second-order valence-corrected chi connectivity index (χ2v) is 16.0. The minimum Gasteiger partial charge on any atom is -0.542 e. The molecule has 0 N–H and O–H groups in total. The maximum Gasteiger partial charge on any atom is 0.252 e. The van der Waals surface area contributed by atoms with Gasteiger partial charge in [0.05, 0.1) is 0 Å². The number of rotatable bonds is 6. The van der Waals surface area contributed by atoms with Gasteiger partial charge in [0.2, 0.25) is 16.6 Å². The van der Waals surface area contributed by atoms with Gasteiger partial charge >= 0.3 is 0 Å². The van der Waals surface area contributed by atoms with Gasteiger partial charge in [-0.15, -0.1) is 0 Å². The summed E-state index contributed by atoms with van der Waals surface area (Å²) in [6.45, 7) is 12.3. The molecule has 0 aliphatic heterocycles. The van der Waals surface area contributed by atoms with Gasteiger partial charge < -0.3 is 13.0 Å². The molecule has 0 heterocycles. The normalized spacial score (nSPS) is 12.0. The summed E-state index contributed by atoms with van der Waals surface area (Å²) in [6, 6.07) is 3.11. The molecule has 0 spiro atoms. The summed E-state index contributed by atoms with van der Waals surface area (Å²) in [6.07, 6.45) is 0. The molecule has 0 unspecified atom stereocenters. The largest absolute Gasteiger partial charge is 0.542 e. The Morgan fingerprint density at radius 3 is 1.86 bits per heavy atom. The maximum absolute atomic E-state index is 11.4. The highest BCUT2D eigenvalue weighted by Crippen LogP contribution is 2.42. The monoisotopic (exact) mass is 364 g/mol. The second-order valence-electron chi connectivity index (χ2n) is 6.60. The molecule has 21 heavy (non-hydrogen) atoms. The number of hydrogen-bond acceptors (Lipinski definition) is 5. The van der Waals surface area contributed by atoms with Crippen molar-refractivity contribution in [3.63, 3.8) is 0 Å². The Morgan fingerprint density at radius 2 is 1.48 bits per heavy atom. The minimum atomic E-state index is -1.90. The van der Waals surface area contributed by atoms with Crippen LogP contribution in [0.25, 0.3) is 0 Å². The molecule has 1 aromatic rings. The molecular weight excluding hydrogens is 344 g/mol. The van der Waals surface area contributed by atoms with Gasteiger partial charge in [-0.2, -0.15) is 0 Å². The number of hydrogen-bond donors (Lipinski definition) is 1. The molecule has 0 saturated heterocycles. The Kier molecular flexibility index (Phi) is 5.82. The van der Waals surface area contributed by atoms with Crippen molar-refractivity contribution < 1.29 is 17.8 Å². The van der Waals surface area contributed by atoms with Crippen LogP contribution in [0.4, 0.5) is 0 Å². The van der Waals surface area contributed by atoms with Crippen molar-refractivity contribution in [2.45, 2.75) is 39.3 Å². The third kappa shape index (κ3) is 5.94. The lowest BCUT2D eigenvalue weighted by molar-refractivity contribution is 0.108. The average molecular weight is 365 g/mol. The van der Waals surface area contributed by atoms with E-state index in [2.05, 4.69) is 12.9 Å². The summed E-state index contributed by atoms with van der Waals surface area (Å²) in [7, 11) is -3.79. The molecule has 0 fully saturated rings. The number of halogens is 1. The second kappa shape index (κ2) is 6.64.